The topological polar surface area (TPSA) is 80.1 Å². The molecule has 0 saturated heterocycles. The largest absolute Gasteiger partial charge is 0.417 e. The van der Waals surface area contributed by atoms with Gasteiger partial charge in [-0.2, -0.15) is 23.0 Å². The number of alkyl halides is 3. The molecule has 11 heteroatoms. The molecule has 0 aliphatic rings. The molecule has 0 atom stereocenters. The van der Waals surface area contributed by atoms with Gasteiger partial charge in [0.15, 0.2) is 5.82 Å². The van der Waals surface area contributed by atoms with E-state index in [0.29, 0.717) is 12.7 Å². The van der Waals surface area contributed by atoms with Crippen molar-refractivity contribution in [1.29, 1.82) is 0 Å². The van der Waals surface area contributed by atoms with E-state index in [1.807, 2.05) is 20.8 Å². The molecule has 0 saturated carbocycles. The van der Waals surface area contributed by atoms with Crippen LogP contribution in [-0.2, 0) is 11.0 Å². The van der Waals surface area contributed by atoms with Crippen molar-refractivity contribution in [3.05, 3.63) is 45.5 Å². The predicted octanol–water partition coefficient (Wildman–Crippen LogP) is 3.04. The number of carbonyl (C=O) groups excluding carboxylic acids is 1. The fraction of sp³-hybridized carbons (Fsp3) is 0.444. The van der Waals surface area contributed by atoms with Gasteiger partial charge in [-0.15, -0.1) is 0 Å². The number of nitrogens with one attached hydrogen (secondary N) is 1. The Kier molecular flexibility index (Phi) is 6.56. The van der Waals surface area contributed by atoms with Gasteiger partial charge >= 0.3 is 6.18 Å². The van der Waals surface area contributed by atoms with Crippen molar-refractivity contribution in [3.8, 4) is 5.82 Å². The van der Waals surface area contributed by atoms with Crippen LogP contribution in [0.25, 0.3) is 5.82 Å². The van der Waals surface area contributed by atoms with Crippen molar-refractivity contribution >= 4 is 23.2 Å². The molecule has 0 aromatic carbocycles. The molecular formula is C18H21ClF3N5O2. The van der Waals surface area contributed by atoms with E-state index >= 15 is 0 Å². The molecule has 2 rings (SSSR count). The summed E-state index contributed by atoms with van der Waals surface area (Å²) in [4.78, 5) is 30.0. The molecule has 158 valence electrons. The van der Waals surface area contributed by atoms with Gasteiger partial charge in [0.1, 0.15) is 5.02 Å². The Bertz CT molecular complexity index is 936. The van der Waals surface area contributed by atoms with E-state index in [-0.39, 0.29) is 29.0 Å². The SMILES string of the molecule is CCN(CC(=O)NC(C)(C)C)c1cnn(-c2ccc(C(F)(F)F)cn2)c(=O)c1Cl. The van der Waals surface area contributed by atoms with Crippen LogP contribution in [0, 0.1) is 0 Å². The summed E-state index contributed by atoms with van der Waals surface area (Å²) in [6.07, 6.45) is -2.65. The summed E-state index contributed by atoms with van der Waals surface area (Å²) in [5, 5.41) is 6.55. The molecule has 7 nitrogen and oxygen atoms in total. The number of aromatic nitrogens is 3. The molecule has 0 unspecified atom stereocenters. The molecule has 1 amide bonds. The van der Waals surface area contributed by atoms with E-state index in [1.165, 1.54) is 6.20 Å². The molecule has 2 aromatic rings. The summed E-state index contributed by atoms with van der Waals surface area (Å²) in [6.45, 7) is 7.64. The van der Waals surface area contributed by atoms with Crippen LogP contribution in [0.1, 0.15) is 33.3 Å². The van der Waals surface area contributed by atoms with Gasteiger partial charge in [0.05, 0.1) is 24.0 Å². The molecular weight excluding hydrogens is 411 g/mol. The number of anilines is 1. The average Bonchev–Trinajstić information content (AvgIpc) is 2.60. The molecule has 0 fully saturated rings. The zero-order chi connectivity index (χ0) is 22.0. The molecule has 0 radical (unpaired) electrons. The Morgan fingerprint density at radius 2 is 1.90 bits per heavy atom. The number of hydrogen-bond donors (Lipinski definition) is 1. The smallest absolute Gasteiger partial charge is 0.360 e. The second kappa shape index (κ2) is 8.40. The zero-order valence-electron chi connectivity index (χ0n) is 16.3. The maximum Gasteiger partial charge on any atom is 0.417 e. The lowest BCUT2D eigenvalue weighted by molar-refractivity contribution is -0.137. The second-order valence-corrected chi connectivity index (χ2v) is 7.65. The monoisotopic (exact) mass is 431 g/mol. The standard InChI is InChI=1S/C18H21ClF3N5O2/c1-5-26(10-14(28)25-17(2,3)4)12-9-24-27(16(29)15(12)19)13-7-6-11(8-23-13)18(20,21)22/h6-9H,5,10H2,1-4H3,(H,25,28). The third-order valence-electron chi connectivity index (χ3n) is 3.76. The van der Waals surface area contributed by atoms with Crippen LogP contribution in [0.2, 0.25) is 5.02 Å². The third-order valence-corrected chi connectivity index (χ3v) is 4.12. The van der Waals surface area contributed by atoms with Crippen molar-refractivity contribution in [1.82, 2.24) is 20.1 Å². The van der Waals surface area contributed by atoms with Crippen LogP contribution >= 0.6 is 11.6 Å². The number of hydrogen-bond acceptors (Lipinski definition) is 5. The first-order chi connectivity index (χ1) is 13.3. The molecule has 0 aliphatic heterocycles. The number of nitrogens with zero attached hydrogens (tertiary/aromatic N) is 4. The Morgan fingerprint density at radius 1 is 1.24 bits per heavy atom. The number of carbonyl (C=O) groups is 1. The van der Waals surface area contributed by atoms with Gasteiger partial charge in [0, 0.05) is 18.3 Å². The average molecular weight is 432 g/mol. The van der Waals surface area contributed by atoms with Crippen molar-refractivity contribution < 1.29 is 18.0 Å². The number of likely N-dealkylation sites (N-methyl/N-ethyl adjacent to an activating group) is 1. The minimum absolute atomic E-state index is 0.0445. The first-order valence-electron chi connectivity index (χ1n) is 8.71. The molecule has 2 aromatic heterocycles. The van der Waals surface area contributed by atoms with Gasteiger partial charge in [-0.1, -0.05) is 11.6 Å². The molecule has 0 aliphatic carbocycles. The van der Waals surface area contributed by atoms with Gasteiger partial charge in [-0.05, 0) is 39.8 Å². The predicted molar refractivity (Wildman–Crippen MR) is 103 cm³/mol. The first-order valence-corrected chi connectivity index (χ1v) is 9.08. The lowest BCUT2D eigenvalue weighted by atomic mass is 10.1. The summed E-state index contributed by atoms with van der Waals surface area (Å²) in [6, 6.07) is 1.83. The van der Waals surface area contributed by atoms with Crippen LogP contribution in [-0.4, -0.2) is 39.3 Å². The normalized spacial score (nSPS) is 12.0. The van der Waals surface area contributed by atoms with Crippen molar-refractivity contribution in [3.63, 3.8) is 0 Å². The second-order valence-electron chi connectivity index (χ2n) is 7.28. The minimum atomic E-state index is -4.54. The van der Waals surface area contributed by atoms with Crippen molar-refractivity contribution in [2.24, 2.45) is 0 Å². The Balaban J connectivity index is 2.33. The molecule has 1 N–H and O–H groups in total. The summed E-state index contributed by atoms with van der Waals surface area (Å²) < 4.78 is 38.8. The van der Waals surface area contributed by atoms with Crippen LogP contribution < -0.4 is 15.8 Å². The summed E-state index contributed by atoms with van der Waals surface area (Å²) in [7, 11) is 0. The minimum Gasteiger partial charge on any atom is -0.360 e. The molecule has 0 bridgehead atoms. The Morgan fingerprint density at radius 3 is 2.38 bits per heavy atom. The van der Waals surface area contributed by atoms with E-state index < -0.39 is 22.8 Å². The van der Waals surface area contributed by atoms with E-state index in [0.717, 1.165) is 16.8 Å². The van der Waals surface area contributed by atoms with Crippen LogP contribution in [0.15, 0.2) is 29.3 Å². The number of pyridine rings is 1. The number of rotatable bonds is 5. The van der Waals surface area contributed by atoms with Crippen molar-refractivity contribution in [2.45, 2.75) is 39.4 Å². The lowest BCUT2D eigenvalue weighted by Gasteiger charge is -2.26. The van der Waals surface area contributed by atoms with Gasteiger partial charge in [0.2, 0.25) is 5.91 Å². The highest BCUT2D eigenvalue weighted by Gasteiger charge is 2.31. The van der Waals surface area contributed by atoms with Gasteiger partial charge < -0.3 is 10.2 Å². The van der Waals surface area contributed by atoms with Gasteiger partial charge in [-0.25, -0.2) is 4.98 Å². The highest BCUT2D eigenvalue weighted by atomic mass is 35.5. The molecule has 0 spiro atoms. The molecule has 2 heterocycles. The Hall–Kier alpha value is -2.62. The number of halogens is 4. The third kappa shape index (κ3) is 5.69. The highest BCUT2D eigenvalue weighted by molar-refractivity contribution is 6.33. The van der Waals surface area contributed by atoms with E-state index in [9.17, 15) is 22.8 Å². The highest BCUT2D eigenvalue weighted by Crippen LogP contribution is 2.28. The fourth-order valence-corrected chi connectivity index (χ4v) is 2.73. The van der Waals surface area contributed by atoms with E-state index in [2.05, 4.69) is 15.4 Å². The quantitative estimate of drug-likeness (QED) is 0.787. The van der Waals surface area contributed by atoms with Crippen LogP contribution in [0.5, 0.6) is 0 Å². The first kappa shape index (κ1) is 22.7. The maximum absolute atomic E-state index is 12.7. The zero-order valence-corrected chi connectivity index (χ0v) is 17.1. The summed E-state index contributed by atoms with van der Waals surface area (Å²) in [5.74, 6) is -0.367. The van der Waals surface area contributed by atoms with Gasteiger partial charge in [0.25, 0.3) is 5.56 Å². The summed E-state index contributed by atoms with van der Waals surface area (Å²) in [5.41, 5.74) is -1.88. The summed E-state index contributed by atoms with van der Waals surface area (Å²) >= 11 is 6.19. The van der Waals surface area contributed by atoms with Crippen LogP contribution in [0.4, 0.5) is 18.9 Å². The maximum atomic E-state index is 12.7. The van der Waals surface area contributed by atoms with Gasteiger partial charge in [-0.3, -0.25) is 9.59 Å². The number of amides is 1. The van der Waals surface area contributed by atoms with E-state index in [4.69, 9.17) is 11.6 Å². The lowest BCUT2D eigenvalue weighted by Crippen LogP contribution is -2.46. The Labute approximate surface area is 170 Å². The van der Waals surface area contributed by atoms with Crippen molar-refractivity contribution in [2.75, 3.05) is 18.0 Å². The van der Waals surface area contributed by atoms with E-state index in [1.54, 1.807) is 11.8 Å². The molecule has 29 heavy (non-hydrogen) atoms. The van der Waals surface area contributed by atoms with Crippen LogP contribution in [0.3, 0.4) is 0 Å². The fourth-order valence-electron chi connectivity index (χ4n) is 2.49.